The first-order valence-electron chi connectivity index (χ1n) is 5.60. The van der Waals surface area contributed by atoms with E-state index in [-0.39, 0.29) is 5.97 Å². The molecule has 0 amide bonds. The van der Waals surface area contributed by atoms with Gasteiger partial charge in [-0.2, -0.15) is 0 Å². The lowest BCUT2D eigenvalue weighted by molar-refractivity contribution is -0.139. The number of rotatable bonds is 4. The molecule has 0 aliphatic heterocycles. The second-order valence-electron chi connectivity index (χ2n) is 3.98. The molecule has 1 aromatic rings. The van der Waals surface area contributed by atoms with E-state index in [1.54, 1.807) is 0 Å². The predicted octanol–water partition coefficient (Wildman–Crippen LogP) is 3.52. The summed E-state index contributed by atoms with van der Waals surface area (Å²) in [6.45, 7) is 4.07. The monoisotopic (exact) mass is 230 g/mol. The number of aryl methyl sites for hydroxylation is 1. The van der Waals surface area contributed by atoms with Crippen LogP contribution in [0.25, 0.3) is 6.08 Å². The molecule has 0 saturated carbocycles. The van der Waals surface area contributed by atoms with E-state index in [0.717, 1.165) is 11.1 Å². The maximum atomic E-state index is 10.9. The van der Waals surface area contributed by atoms with Gasteiger partial charge in [-0.3, -0.25) is 4.79 Å². The Bertz CT molecular complexity index is 425. The standard InChI is InChI=1S/C15H18O2/c1-12-7-9-14(10-8-12)11-13(2)5-4-6-15(16)17-3/h4-5,7-11H,6H2,1-3H3/b5-4-,13-11+. The lowest BCUT2D eigenvalue weighted by Gasteiger charge is -1.97. The number of methoxy groups -OCH3 is 1. The average Bonchev–Trinajstić information content (AvgIpc) is 2.32. The molecule has 0 saturated heterocycles. The highest BCUT2D eigenvalue weighted by Crippen LogP contribution is 2.09. The van der Waals surface area contributed by atoms with Crippen LogP contribution in [0, 0.1) is 6.92 Å². The van der Waals surface area contributed by atoms with E-state index in [9.17, 15) is 4.79 Å². The van der Waals surface area contributed by atoms with E-state index in [1.807, 2.05) is 19.1 Å². The van der Waals surface area contributed by atoms with Crippen LogP contribution in [-0.2, 0) is 9.53 Å². The summed E-state index contributed by atoms with van der Waals surface area (Å²) in [4.78, 5) is 10.9. The van der Waals surface area contributed by atoms with E-state index < -0.39 is 0 Å². The van der Waals surface area contributed by atoms with Crippen LogP contribution in [0.1, 0.15) is 24.5 Å². The normalized spacial score (nSPS) is 11.8. The lowest BCUT2D eigenvalue weighted by atomic mass is 10.1. The third-order valence-electron chi connectivity index (χ3n) is 2.36. The summed E-state index contributed by atoms with van der Waals surface area (Å²) in [7, 11) is 1.39. The van der Waals surface area contributed by atoms with Crippen LogP contribution in [0.15, 0.2) is 42.0 Å². The minimum atomic E-state index is -0.218. The third kappa shape index (κ3) is 5.16. The minimum Gasteiger partial charge on any atom is -0.469 e. The zero-order valence-corrected chi connectivity index (χ0v) is 10.6. The van der Waals surface area contributed by atoms with Crippen molar-refractivity contribution in [2.45, 2.75) is 20.3 Å². The van der Waals surface area contributed by atoms with Crippen molar-refractivity contribution in [3.63, 3.8) is 0 Å². The molecule has 0 aliphatic rings. The Morgan fingerprint density at radius 3 is 2.53 bits per heavy atom. The summed E-state index contributed by atoms with van der Waals surface area (Å²) in [6, 6.07) is 8.31. The SMILES string of the molecule is COC(=O)C/C=C\C(C)=C\c1ccc(C)cc1. The largest absolute Gasteiger partial charge is 0.469 e. The van der Waals surface area contributed by atoms with Crippen molar-refractivity contribution in [1.82, 2.24) is 0 Å². The smallest absolute Gasteiger partial charge is 0.309 e. The molecule has 2 nitrogen and oxygen atoms in total. The zero-order valence-electron chi connectivity index (χ0n) is 10.6. The van der Waals surface area contributed by atoms with Crippen LogP contribution in [0.2, 0.25) is 0 Å². The zero-order chi connectivity index (χ0) is 12.7. The first-order chi connectivity index (χ1) is 8.11. The van der Waals surface area contributed by atoms with Gasteiger partial charge in [-0.1, -0.05) is 53.6 Å². The second-order valence-corrected chi connectivity index (χ2v) is 3.98. The topological polar surface area (TPSA) is 26.3 Å². The van der Waals surface area contributed by atoms with Crippen LogP contribution >= 0.6 is 0 Å². The van der Waals surface area contributed by atoms with Gasteiger partial charge in [0.1, 0.15) is 0 Å². The molecule has 0 aliphatic carbocycles. The average molecular weight is 230 g/mol. The van der Waals surface area contributed by atoms with Crippen molar-refractivity contribution in [2.75, 3.05) is 7.11 Å². The highest BCUT2D eigenvalue weighted by molar-refractivity contribution is 5.71. The molecule has 0 bridgehead atoms. The number of allylic oxidation sites excluding steroid dienone is 2. The molecule has 0 radical (unpaired) electrons. The summed E-state index contributed by atoms with van der Waals surface area (Å²) in [5, 5.41) is 0. The van der Waals surface area contributed by atoms with Crippen LogP contribution in [0.5, 0.6) is 0 Å². The number of carbonyl (C=O) groups is 1. The van der Waals surface area contributed by atoms with Gasteiger partial charge >= 0.3 is 5.97 Å². The molecular formula is C15H18O2. The van der Waals surface area contributed by atoms with E-state index in [2.05, 4.69) is 42.0 Å². The Balaban J connectivity index is 2.60. The first-order valence-corrected chi connectivity index (χ1v) is 5.60. The fourth-order valence-electron chi connectivity index (χ4n) is 1.40. The van der Waals surface area contributed by atoms with Gasteiger partial charge in [0.25, 0.3) is 0 Å². The lowest BCUT2D eigenvalue weighted by Crippen LogP contribution is -1.96. The maximum absolute atomic E-state index is 10.9. The molecule has 0 spiro atoms. The quantitative estimate of drug-likeness (QED) is 0.584. The van der Waals surface area contributed by atoms with Crippen molar-refractivity contribution in [3.05, 3.63) is 53.1 Å². The van der Waals surface area contributed by atoms with Gasteiger partial charge in [-0.25, -0.2) is 0 Å². The van der Waals surface area contributed by atoms with Crippen LogP contribution in [-0.4, -0.2) is 13.1 Å². The van der Waals surface area contributed by atoms with E-state index in [4.69, 9.17) is 0 Å². The van der Waals surface area contributed by atoms with E-state index >= 15 is 0 Å². The van der Waals surface area contributed by atoms with Crippen LogP contribution in [0.3, 0.4) is 0 Å². The number of hydrogen-bond donors (Lipinski definition) is 0. The van der Waals surface area contributed by atoms with Crippen molar-refractivity contribution < 1.29 is 9.53 Å². The fraction of sp³-hybridized carbons (Fsp3) is 0.267. The van der Waals surface area contributed by atoms with Crippen LogP contribution in [0.4, 0.5) is 0 Å². The van der Waals surface area contributed by atoms with Gasteiger partial charge in [0.2, 0.25) is 0 Å². The predicted molar refractivity (Wildman–Crippen MR) is 70.6 cm³/mol. The van der Waals surface area contributed by atoms with Crippen molar-refractivity contribution >= 4 is 12.0 Å². The molecule has 0 aromatic heterocycles. The number of benzene rings is 1. The molecule has 1 aromatic carbocycles. The third-order valence-corrected chi connectivity index (χ3v) is 2.36. The molecule has 17 heavy (non-hydrogen) atoms. The fourth-order valence-corrected chi connectivity index (χ4v) is 1.40. The number of esters is 1. The summed E-state index contributed by atoms with van der Waals surface area (Å²) in [5.41, 5.74) is 3.52. The van der Waals surface area contributed by atoms with Gasteiger partial charge in [0, 0.05) is 0 Å². The highest BCUT2D eigenvalue weighted by Gasteiger charge is 1.94. The van der Waals surface area contributed by atoms with Gasteiger partial charge in [0.15, 0.2) is 0 Å². The van der Waals surface area contributed by atoms with Gasteiger partial charge in [-0.15, -0.1) is 0 Å². The van der Waals surface area contributed by atoms with Crippen LogP contribution < -0.4 is 0 Å². The molecule has 0 N–H and O–H groups in total. The molecule has 0 atom stereocenters. The highest BCUT2D eigenvalue weighted by atomic mass is 16.5. The number of ether oxygens (including phenoxy) is 1. The first kappa shape index (κ1) is 13.2. The summed E-state index contributed by atoms with van der Waals surface area (Å²) >= 11 is 0. The van der Waals surface area contributed by atoms with Gasteiger partial charge in [-0.05, 0) is 19.4 Å². The molecule has 1 rings (SSSR count). The molecule has 0 fully saturated rings. The molecule has 2 heteroatoms. The van der Waals surface area contributed by atoms with E-state index in [1.165, 1.54) is 12.7 Å². The van der Waals surface area contributed by atoms with Crippen molar-refractivity contribution in [3.8, 4) is 0 Å². The maximum Gasteiger partial charge on any atom is 0.309 e. The number of carbonyl (C=O) groups excluding carboxylic acids is 1. The summed E-state index contributed by atoms with van der Waals surface area (Å²) < 4.78 is 4.55. The molecule has 90 valence electrons. The number of hydrogen-bond acceptors (Lipinski definition) is 2. The van der Waals surface area contributed by atoms with E-state index in [0.29, 0.717) is 6.42 Å². The minimum absolute atomic E-state index is 0.218. The van der Waals surface area contributed by atoms with Crippen molar-refractivity contribution in [1.29, 1.82) is 0 Å². The molecule has 0 unspecified atom stereocenters. The summed E-state index contributed by atoms with van der Waals surface area (Å²) in [5.74, 6) is -0.218. The Labute approximate surface area is 103 Å². The Morgan fingerprint density at radius 1 is 1.29 bits per heavy atom. The van der Waals surface area contributed by atoms with Gasteiger partial charge < -0.3 is 4.74 Å². The molecule has 0 heterocycles. The Kier molecular flexibility index (Phi) is 5.21. The van der Waals surface area contributed by atoms with Crippen molar-refractivity contribution in [2.24, 2.45) is 0 Å². The Hall–Kier alpha value is -1.83. The Morgan fingerprint density at radius 2 is 1.94 bits per heavy atom. The summed E-state index contributed by atoms with van der Waals surface area (Å²) in [6.07, 6.45) is 6.13. The molecular weight excluding hydrogens is 212 g/mol. The second kappa shape index (κ2) is 6.69. The van der Waals surface area contributed by atoms with Gasteiger partial charge in [0.05, 0.1) is 13.5 Å².